The number of hydrogen-bond acceptors (Lipinski definition) is 7. The molecule has 1 amide bonds. The maximum atomic E-state index is 13.0. The van der Waals surface area contributed by atoms with E-state index >= 15 is 0 Å². The number of aromatic amines is 2. The molecule has 6 aromatic rings. The van der Waals surface area contributed by atoms with Gasteiger partial charge in [-0.25, -0.2) is 26.3 Å². The van der Waals surface area contributed by atoms with Crippen LogP contribution in [0.15, 0.2) is 82.6 Å². The second-order valence-electron chi connectivity index (χ2n) is 20.9. The number of rotatable bonds is 11. The predicted octanol–water partition coefficient (Wildman–Crippen LogP) is 13.3. The minimum atomic E-state index is -3.68. The number of H-pyrrole nitrogens is 2. The van der Waals surface area contributed by atoms with Crippen molar-refractivity contribution in [3.8, 4) is 22.5 Å². The van der Waals surface area contributed by atoms with Crippen molar-refractivity contribution in [2.75, 3.05) is 22.8 Å². The monoisotopic (exact) mass is 1070 g/mol. The lowest BCUT2D eigenvalue weighted by Crippen LogP contribution is -2.40. The molecule has 17 heteroatoms. The minimum absolute atomic E-state index is 0.0957. The molecule has 12 nitrogen and oxygen atoms in total. The lowest BCUT2D eigenvalue weighted by Gasteiger charge is -2.24. The van der Waals surface area contributed by atoms with Gasteiger partial charge in [0.1, 0.15) is 5.88 Å². The topological polar surface area (TPSA) is 196 Å². The van der Waals surface area contributed by atoms with Gasteiger partial charge in [-0.1, -0.05) is 74.9 Å². The largest absolute Gasteiger partial charge is 0.398 e. The van der Waals surface area contributed by atoms with Gasteiger partial charge in [0.15, 0.2) is 0 Å². The number of carbonyl (C=O) groups excluding carboxylic acids is 2. The molecule has 7 N–H and O–H groups in total. The summed E-state index contributed by atoms with van der Waals surface area (Å²) in [5.41, 5.74) is 16.8. The Labute approximate surface area is 435 Å². The van der Waals surface area contributed by atoms with E-state index < -0.39 is 36.4 Å². The zero-order valence-corrected chi connectivity index (χ0v) is 45.9. The third kappa shape index (κ3) is 14.4. The van der Waals surface area contributed by atoms with Crippen LogP contribution >= 0.6 is 34.8 Å². The Hall–Kier alpha value is -4.41. The van der Waals surface area contributed by atoms with E-state index in [1.165, 1.54) is 49.7 Å². The second-order valence-corrected chi connectivity index (χ2v) is 25.3. The number of sulfonamides is 2. The summed E-state index contributed by atoms with van der Waals surface area (Å²) in [6, 6.07) is 22.9. The van der Waals surface area contributed by atoms with Gasteiger partial charge in [-0.05, 0) is 163 Å². The van der Waals surface area contributed by atoms with E-state index in [4.69, 9.17) is 40.5 Å². The van der Waals surface area contributed by atoms with E-state index in [1.54, 1.807) is 24.3 Å². The van der Waals surface area contributed by atoms with Crippen LogP contribution in [-0.2, 0) is 29.6 Å². The van der Waals surface area contributed by atoms with Crippen LogP contribution in [0.5, 0.6) is 0 Å². The van der Waals surface area contributed by atoms with Crippen LogP contribution < -0.4 is 20.5 Å². The maximum Gasteiger partial charge on any atom is 0.241 e. The van der Waals surface area contributed by atoms with Crippen molar-refractivity contribution in [3.05, 3.63) is 95.1 Å². The average Bonchev–Trinajstić information content (AvgIpc) is 3.87. The number of aromatic nitrogens is 2. The minimum Gasteiger partial charge on any atom is -0.398 e. The van der Waals surface area contributed by atoms with E-state index in [0.717, 1.165) is 86.8 Å². The van der Waals surface area contributed by atoms with Gasteiger partial charge in [0.25, 0.3) is 0 Å². The molecule has 384 valence electrons. The average molecular weight is 1070 g/mol. The van der Waals surface area contributed by atoms with Crippen molar-refractivity contribution in [2.24, 2.45) is 0 Å². The molecule has 2 fully saturated rings. The third-order valence-corrected chi connectivity index (χ3v) is 16.8. The van der Waals surface area contributed by atoms with Crippen LogP contribution in [0.4, 0.5) is 11.4 Å². The zero-order chi connectivity index (χ0) is 52.1. The lowest BCUT2D eigenvalue weighted by molar-refractivity contribution is -0.114. The van der Waals surface area contributed by atoms with Crippen LogP contribution in [0, 0.1) is 13.8 Å². The maximum absolute atomic E-state index is 13.0. The molecule has 0 aliphatic heterocycles. The number of alkyl halides is 2. The molecule has 8 rings (SSSR count). The van der Waals surface area contributed by atoms with Gasteiger partial charge in [-0.3, -0.25) is 9.59 Å². The van der Waals surface area contributed by atoms with Gasteiger partial charge in [-0.2, -0.15) is 0 Å². The van der Waals surface area contributed by atoms with Crippen LogP contribution in [0.3, 0.4) is 0 Å². The molecular weight excluding hydrogens is 999 g/mol. The van der Waals surface area contributed by atoms with E-state index in [9.17, 15) is 26.4 Å². The molecule has 0 spiro atoms. The molecule has 0 bridgehead atoms. The molecule has 0 unspecified atom stereocenters. The molecule has 2 heterocycles. The summed E-state index contributed by atoms with van der Waals surface area (Å²) in [5.74, 6) is 0.323. The molecule has 4 aromatic carbocycles. The summed E-state index contributed by atoms with van der Waals surface area (Å²) < 4.78 is 57.3. The van der Waals surface area contributed by atoms with Crippen molar-refractivity contribution in [3.63, 3.8) is 0 Å². The van der Waals surface area contributed by atoms with E-state index in [0.29, 0.717) is 17.5 Å². The van der Waals surface area contributed by atoms with Crippen LogP contribution in [0.25, 0.3) is 44.3 Å². The lowest BCUT2D eigenvalue weighted by atomic mass is 9.81. The molecule has 2 aliphatic carbocycles. The number of amides is 1. The first kappa shape index (κ1) is 55.9. The first-order valence-electron chi connectivity index (χ1n) is 24.3. The highest BCUT2D eigenvalue weighted by molar-refractivity contribution is 7.89. The summed E-state index contributed by atoms with van der Waals surface area (Å²) in [7, 11) is -7.29. The Morgan fingerprint density at radius 2 is 1.01 bits per heavy atom. The quantitative estimate of drug-likeness (QED) is 0.0422. The Bertz CT molecular complexity index is 3110. The Morgan fingerprint density at radius 3 is 1.41 bits per heavy atom. The van der Waals surface area contributed by atoms with Gasteiger partial charge in [0, 0.05) is 49.7 Å². The summed E-state index contributed by atoms with van der Waals surface area (Å²) in [6.07, 6.45) is 11.8. The molecular formula is C54H69Cl3N6O6S2. The fraction of sp³-hybridized carbons (Fsp3) is 0.444. The van der Waals surface area contributed by atoms with Crippen LogP contribution in [-0.4, -0.2) is 60.8 Å². The van der Waals surface area contributed by atoms with Crippen molar-refractivity contribution >= 4 is 99.2 Å². The van der Waals surface area contributed by atoms with Gasteiger partial charge < -0.3 is 21.0 Å². The van der Waals surface area contributed by atoms with E-state index in [-0.39, 0.29) is 27.5 Å². The highest BCUT2D eigenvalue weighted by Gasteiger charge is 2.29. The summed E-state index contributed by atoms with van der Waals surface area (Å²) in [6.45, 7) is 15.0. The highest BCUT2D eigenvalue weighted by Crippen LogP contribution is 2.46. The number of carbonyl (C=O) groups is 2. The van der Waals surface area contributed by atoms with E-state index in [1.807, 2.05) is 91.8 Å². The SMILES string of the molecule is Cc1ccc(-c2[nH]c3cc(S(=O)(=O)NC(C)(C)C)ccc3c2C2CCCCC2)c(N)c1.Cc1ccc(-c2[nH]c3cc(S(=O)(=O)NC(C)(C)C)ccc3c2C2CCCCC2)c(NC(=O)CCl)c1.O=C(Cl)CCl. The van der Waals surface area contributed by atoms with Gasteiger partial charge in [-0.15, -0.1) is 23.2 Å². The predicted molar refractivity (Wildman–Crippen MR) is 294 cm³/mol. The molecule has 2 saturated carbocycles. The zero-order valence-electron chi connectivity index (χ0n) is 42.0. The number of nitrogens with one attached hydrogen (secondary N) is 5. The Kier molecular flexibility index (Phi) is 18.3. The molecule has 0 radical (unpaired) electrons. The Morgan fingerprint density at radius 1 is 0.606 bits per heavy atom. The number of benzene rings is 4. The fourth-order valence-electron chi connectivity index (χ4n) is 9.78. The summed E-state index contributed by atoms with van der Waals surface area (Å²) >= 11 is 15.3. The van der Waals surface area contributed by atoms with Crippen molar-refractivity contribution in [1.82, 2.24) is 19.4 Å². The molecule has 0 atom stereocenters. The molecule has 2 aromatic heterocycles. The van der Waals surface area contributed by atoms with Crippen LogP contribution in [0.2, 0.25) is 0 Å². The van der Waals surface area contributed by atoms with E-state index in [2.05, 4.69) is 36.9 Å². The number of hydrogen-bond donors (Lipinski definition) is 6. The first-order valence-corrected chi connectivity index (χ1v) is 28.7. The Balaban J connectivity index is 0.000000213. The van der Waals surface area contributed by atoms with Gasteiger partial charge >= 0.3 is 0 Å². The summed E-state index contributed by atoms with van der Waals surface area (Å²) in [5, 5.41) is 4.55. The smallest absolute Gasteiger partial charge is 0.241 e. The van der Waals surface area contributed by atoms with Crippen molar-refractivity contribution in [2.45, 2.75) is 152 Å². The first-order chi connectivity index (χ1) is 33.3. The van der Waals surface area contributed by atoms with Crippen LogP contribution in [0.1, 0.15) is 140 Å². The second kappa shape index (κ2) is 23.2. The summed E-state index contributed by atoms with van der Waals surface area (Å²) in [4.78, 5) is 29.2. The molecule has 0 saturated heterocycles. The number of halogens is 3. The van der Waals surface area contributed by atoms with Gasteiger partial charge in [0.2, 0.25) is 31.2 Å². The molecule has 71 heavy (non-hydrogen) atoms. The van der Waals surface area contributed by atoms with Gasteiger partial charge in [0.05, 0.1) is 32.7 Å². The number of nitrogen functional groups attached to an aromatic ring is 1. The van der Waals surface area contributed by atoms with Crippen molar-refractivity contribution in [1.29, 1.82) is 0 Å². The third-order valence-electron chi connectivity index (χ3n) is 12.6. The molecule has 2 aliphatic rings. The normalized spacial score (nSPS) is 15.2. The highest BCUT2D eigenvalue weighted by atomic mass is 35.5. The number of nitrogens with two attached hydrogens (primary N) is 1. The van der Waals surface area contributed by atoms with Crippen molar-refractivity contribution < 1.29 is 26.4 Å². The number of anilines is 2. The number of fused-ring (bicyclic) bond motifs is 2. The standard InChI is InChI=1S/C27H34ClN3O3S.C25H33N3O2S.C2H2Cl2O/c1-17-10-12-21(22(14-17)29-24(32)16-28)26-25(18-8-6-5-7-9-18)20-13-11-19(15-23(20)30-26)35(33,34)31-27(2,3)4;1-16-10-12-19(21(26)14-16)24-23(17-8-6-5-7-9-17)20-13-11-18(15-22(20)27-24)31(29,30)28-25(2,3)4;3-1-2(4)5/h10-15,18,30-31H,5-9,16H2,1-4H3,(H,29,32);10-15,17,27-28H,5-9,26H2,1-4H3;1H2. The fourth-order valence-corrected chi connectivity index (χ4v) is 12.7. The number of aryl methyl sites for hydroxylation is 2.